The zero-order chi connectivity index (χ0) is 23.1. The molecule has 2 aromatic carbocycles. The zero-order valence-corrected chi connectivity index (χ0v) is 19.5. The van der Waals surface area contributed by atoms with Crippen molar-refractivity contribution in [2.45, 2.75) is 25.0 Å². The maximum Gasteiger partial charge on any atom is 0.262 e. The summed E-state index contributed by atoms with van der Waals surface area (Å²) in [6, 6.07) is 13.4. The number of para-hydroxylation sites is 1. The number of hydrogen-bond acceptors (Lipinski definition) is 7. The third kappa shape index (κ3) is 6.41. The molecule has 0 saturated carbocycles. The summed E-state index contributed by atoms with van der Waals surface area (Å²) in [6.45, 7) is 3.51. The average Bonchev–Trinajstić information content (AvgIpc) is 2.76. The van der Waals surface area contributed by atoms with E-state index >= 15 is 0 Å². The fraction of sp³-hybridized carbons (Fsp3) is 0.318. The number of benzene rings is 2. The predicted molar refractivity (Wildman–Crippen MR) is 127 cm³/mol. The maximum absolute atomic E-state index is 13.0. The normalized spacial score (nSPS) is 11.6. The lowest BCUT2D eigenvalue weighted by atomic mass is 10.1. The van der Waals surface area contributed by atoms with Crippen molar-refractivity contribution >= 4 is 44.2 Å². The molecule has 0 atom stereocenters. The van der Waals surface area contributed by atoms with Gasteiger partial charge in [-0.25, -0.2) is 13.4 Å². The van der Waals surface area contributed by atoms with Crippen LogP contribution in [-0.2, 0) is 21.3 Å². The maximum atomic E-state index is 13.0. The van der Waals surface area contributed by atoms with E-state index in [2.05, 4.69) is 9.71 Å². The van der Waals surface area contributed by atoms with E-state index in [-0.39, 0.29) is 17.1 Å². The van der Waals surface area contributed by atoms with Gasteiger partial charge in [0.1, 0.15) is 0 Å². The van der Waals surface area contributed by atoms with Crippen LogP contribution in [0.4, 0.5) is 5.69 Å². The average molecular weight is 476 g/mol. The van der Waals surface area contributed by atoms with Crippen molar-refractivity contribution in [1.29, 1.82) is 0 Å². The largest absolute Gasteiger partial charge is 0.382 e. The number of ketones is 1. The van der Waals surface area contributed by atoms with E-state index in [0.717, 1.165) is 6.26 Å². The minimum Gasteiger partial charge on any atom is -0.382 e. The molecule has 1 heterocycles. The summed E-state index contributed by atoms with van der Waals surface area (Å²) in [4.78, 5) is 30.3. The van der Waals surface area contributed by atoms with E-state index in [9.17, 15) is 18.0 Å². The number of rotatable bonds is 11. The number of carbonyl (C=O) groups is 1. The molecule has 170 valence electrons. The number of aromatic nitrogens is 2. The number of nitrogens with one attached hydrogen (secondary N) is 1. The van der Waals surface area contributed by atoms with Gasteiger partial charge in [0.2, 0.25) is 10.0 Å². The van der Waals surface area contributed by atoms with Crippen molar-refractivity contribution in [3.63, 3.8) is 0 Å². The Hall–Kier alpha value is -2.69. The predicted octanol–water partition coefficient (Wildman–Crippen LogP) is 3.17. The number of carbonyl (C=O) groups excluding carboxylic acids is 1. The number of thioether (sulfide) groups is 1. The van der Waals surface area contributed by atoms with Crippen LogP contribution in [0.1, 0.15) is 23.7 Å². The molecule has 32 heavy (non-hydrogen) atoms. The Balaban J connectivity index is 1.78. The SMILES string of the molecule is CCOCCCn1c(SCC(=O)c2ccc(NS(C)(=O)=O)cc2)nc2ccccc2c1=O. The summed E-state index contributed by atoms with van der Waals surface area (Å²) in [5.41, 5.74) is 1.28. The Kier molecular flexibility index (Phi) is 8.05. The van der Waals surface area contributed by atoms with Crippen molar-refractivity contribution in [2.24, 2.45) is 0 Å². The second kappa shape index (κ2) is 10.8. The summed E-state index contributed by atoms with van der Waals surface area (Å²) in [6.07, 6.45) is 1.72. The zero-order valence-electron chi connectivity index (χ0n) is 17.9. The minimum absolute atomic E-state index is 0.0924. The quantitative estimate of drug-likeness (QED) is 0.196. The van der Waals surface area contributed by atoms with Crippen molar-refractivity contribution < 1.29 is 17.9 Å². The summed E-state index contributed by atoms with van der Waals surface area (Å²) < 4.78 is 32.0. The standard InChI is InChI=1S/C22H25N3O5S2/c1-3-30-14-6-13-25-21(27)18-7-4-5-8-19(18)23-22(25)31-15-20(26)16-9-11-17(12-10-16)24-32(2,28)29/h4-5,7-12,24H,3,6,13-15H2,1-2H3. The molecular weight excluding hydrogens is 450 g/mol. The van der Waals surface area contributed by atoms with Crippen molar-refractivity contribution in [2.75, 3.05) is 29.9 Å². The Morgan fingerprint density at radius 3 is 2.56 bits per heavy atom. The molecule has 8 nitrogen and oxygen atoms in total. The van der Waals surface area contributed by atoms with Crippen LogP contribution >= 0.6 is 11.8 Å². The van der Waals surface area contributed by atoms with Gasteiger partial charge in [-0.2, -0.15) is 0 Å². The topological polar surface area (TPSA) is 107 Å². The number of sulfonamides is 1. The van der Waals surface area contributed by atoms with Crippen LogP contribution < -0.4 is 10.3 Å². The monoisotopic (exact) mass is 475 g/mol. The number of fused-ring (bicyclic) bond motifs is 1. The molecule has 0 spiro atoms. The van der Waals surface area contributed by atoms with Gasteiger partial charge in [0.25, 0.3) is 5.56 Å². The molecule has 0 saturated heterocycles. The van der Waals surface area contributed by atoms with Gasteiger partial charge in [-0.1, -0.05) is 23.9 Å². The second-order valence-electron chi connectivity index (χ2n) is 7.08. The first-order valence-electron chi connectivity index (χ1n) is 10.1. The van der Waals surface area contributed by atoms with E-state index in [1.807, 2.05) is 13.0 Å². The van der Waals surface area contributed by atoms with Gasteiger partial charge in [0, 0.05) is 31.0 Å². The summed E-state index contributed by atoms with van der Waals surface area (Å²) in [5, 5.41) is 1.02. The Bertz CT molecular complexity index is 1250. The van der Waals surface area contributed by atoms with Gasteiger partial charge in [0.05, 0.1) is 22.9 Å². The number of anilines is 1. The molecule has 0 aliphatic rings. The van der Waals surface area contributed by atoms with Gasteiger partial charge >= 0.3 is 0 Å². The highest BCUT2D eigenvalue weighted by atomic mass is 32.2. The van der Waals surface area contributed by atoms with Crippen LogP contribution in [-0.4, -0.2) is 49.0 Å². The van der Waals surface area contributed by atoms with Crippen LogP contribution in [0.2, 0.25) is 0 Å². The molecule has 3 aromatic rings. The van der Waals surface area contributed by atoms with Gasteiger partial charge in [-0.3, -0.25) is 18.9 Å². The molecule has 0 bridgehead atoms. The van der Waals surface area contributed by atoms with E-state index < -0.39 is 10.0 Å². The number of nitrogens with zero attached hydrogens (tertiary/aromatic N) is 2. The molecule has 0 aliphatic carbocycles. The van der Waals surface area contributed by atoms with Gasteiger partial charge in [-0.15, -0.1) is 0 Å². The van der Waals surface area contributed by atoms with Crippen molar-refractivity contribution in [3.05, 3.63) is 64.4 Å². The van der Waals surface area contributed by atoms with Crippen LogP contribution in [0.15, 0.2) is 58.5 Å². The number of ether oxygens (including phenoxy) is 1. The first kappa shape index (κ1) is 24.0. The van der Waals surface area contributed by atoms with Crippen molar-refractivity contribution in [3.8, 4) is 0 Å². The highest BCUT2D eigenvalue weighted by Gasteiger charge is 2.14. The highest BCUT2D eigenvalue weighted by Crippen LogP contribution is 2.20. The number of hydrogen-bond donors (Lipinski definition) is 1. The fourth-order valence-corrected chi connectivity index (χ4v) is 4.56. The lowest BCUT2D eigenvalue weighted by Gasteiger charge is -2.13. The molecule has 10 heteroatoms. The second-order valence-corrected chi connectivity index (χ2v) is 9.77. The van der Waals surface area contributed by atoms with Gasteiger partial charge in [-0.05, 0) is 49.7 Å². The van der Waals surface area contributed by atoms with Crippen LogP contribution in [0, 0.1) is 0 Å². The molecule has 3 rings (SSSR count). The fourth-order valence-electron chi connectivity index (χ4n) is 3.08. The van der Waals surface area contributed by atoms with E-state index in [4.69, 9.17) is 4.74 Å². The third-order valence-electron chi connectivity index (χ3n) is 4.54. The molecular formula is C22H25N3O5S2. The summed E-state index contributed by atoms with van der Waals surface area (Å²) in [5.74, 6) is -0.0566. The van der Waals surface area contributed by atoms with Crippen LogP contribution in [0.3, 0.4) is 0 Å². The van der Waals surface area contributed by atoms with Crippen LogP contribution in [0.5, 0.6) is 0 Å². The van der Waals surface area contributed by atoms with Gasteiger partial charge < -0.3 is 4.74 Å². The highest BCUT2D eigenvalue weighted by molar-refractivity contribution is 7.99. The molecule has 0 amide bonds. The lowest BCUT2D eigenvalue weighted by Crippen LogP contribution is -2.24. The minimum atomic E-state index is -3.38. The Labute approximate surface area is 191 Å². The van der Waals surface area contributed by atoms with E-state index in [1.54, 1.807) is 34.9 Å². The smallest absolute Gasteiger partial charge is 0.262 e. The number of Topliss-reactive ketones (excluding diaryl/α,β-unsaturated/α-hetero) is 1. The summed E-state index contributed by atoms with van der Waals surface area (Å²) >= 11 is 1.21. The van der Waals surface area contributed by atoms with Crippen molar-refractivity contribution in [1.82, 2.24) is 9.55 Å². The Morgan fingerprint density at radius 1 is 1.16 bits per heavy atom. The molecule has 1 N–H and O–H groups in total. The molecule has 0 unspecified atom stereocenters. The first-order chi connectivity index (χ1) is 15.3. The molecule has 0 radical (unpaired) electrons. The molecule has 1 aromatic heterocycles. The Morgan fingerprint density at radius 2 is 1.88 bits per heavy atom. The lowest BCUT2D eigenvalue weighted by molar-refractivity contribution is 0.102. The van der Waals surface area contributed by atoms with E-state index in [0.29, 0.717) is 53.5 Å². The van der Waals surface area contributed by atoms with Crippen LogP contribution in [0.25, 0.3) is 10.9 Å². The summed E-state index contributed by atoms with van der Waals surface area (Å²) in [7, 11) is -3.38. The van der Waals surface area contributed by atoms with E-state index in [1.165, 1.54) is 23.9 Å². The third-order valence-corrected chi connectivity index (χ3v) is 6.13. The molecule has 0 aliphatic heterocycles. The molecule has 0 fully saturated rings. The first-order valence-corrected chi connectivity index (χ1v) is 13.0. The van der Waals surface area contributed by atoms with Gasteiger partial charge in [0.15, 0.2) is 10.9 Å².